The Labute approximate surface area is 204 Å². The Morgan fingerprint density at radius 3 is 2.49 bits per heavy atom. The summed E-state index contributed by atoms with van der Waals surface area (Å²) in [5.41, 5.74) is 2.49. The van der Waals surface area contributed by atoms with E-state index in [1.165, 1.54) is 25.8 Å². The first-order valence-electron chi connectivity index (χ1n) is 12.4. The van der Waals surface area contributed by atoms with E-state index in [2.05, 4.69) is 43.9 Å². The van der Waals surface area contributed by atoms with E-state index >= 15 is 0 Å². The molecule has 2 aliphatic rings. The van der Waals surface area contributed by atoms with Crippen molar-refractivity contribution in [1.29, 1.82) is 0 Å². The quantitative estimate of drug-likeness (QED) is 0.465. The highest BCUT2D eigenvalue weighted by Crippen LogP contribution is 2.37. The zero-order valence-electron chi connectivity index (χ0n) is 20.5. The number of aryl methyl sites for hydroxylation is 1. The third-order valence-corrected chi connectivity index (χ3v) is 7.87. The molecule has 8 heteroatoms. The smallest absolute Gasteiger partial charge is 0.371 e. The van der Waals surface area contributed by atoms with Gasteiger partial charge in [-0.15, -0.1) is 5.10 Å². The summed E-state index contributed by atoms with van der Waals surface area (Å²) in [6.07, 6.45) is 0.401. The van der Waals surface area contributed by atoms with Crippen LogP contribution in [-0.4, -0.2) is 35.4 Å². The number of hydrogen-bond donors (Lipinski definition) is 2. The lowest BCUT2D eigenvalue weighted by atomic mass is 9.86. The summed E-state index contributed by atoms with van der Waals surface area (Å²) in [6.45, 7) is 8.42. The summed E-state index contributed by atoms with van der Waals surface area (Å²) < 4.78 is 40.3. The maximum absolute atomic E-state index is 13.4. The van der Waals surface area contributed by atoms with Gasteiger partial charge in [-0.25, -0.2) is 0 Å². The second-order valence-electron chi connectivity index (χ2n) is 10.0. The molecule has 35 heavy (non-hydrogen) atoms. The van der Waals surface area contributed by atoms with E-state index < -0.39 is 11.7 Å². The minimum absolute atomic E-state index is 0.229. The van der Waals surface area contributed by atoms with Gasteiger partial charge in [0.05, 0.1) is 17.3 Å². The van der Waals surface area contributed by atoms with Gasteiger partial charge in [0.2, 0.25) is 0 Å². The summed E-state index contributed by atoms with van der Waals surface area (Å²) in [5, 5.41) is 17.7. The first-order chi connectivity index (χ1) is 16.7. The number of aromatic nitrogens is 2. The number of piperidine rings is 1. The van der Waals surface area contributed by atoms with Crippen molar-refractivity contribution >= 4 is 22.3 Å². The number of alkyl halides is 3. The molecule has 0 bridgehead atoms. The van der Waals surface area contributed by atoms with Gasteiger partial charge in [-0.2, -0.15) is 18.3 Å². The van der Waals surface area contributed by atoms with Crippen molar-refractivity contribution in [3.05, 3.63) is 58.8 Å². The molecule has 3 heterocycles. The van der Waals surface area contributed by atoms with Gasteiger partial charge in [0.15, 0.2) is 5.82 Å². The molecule has 2 saturated heterocycles. The van der Waals surface area contributed by atoms with Crippen LogP contribution in [-0.2, 0) is 6.18 Å². The lowest BCUT2D eigenvalue weighted by molar-refractivity contribution is -0.138. The Morgan fingerprint density at radius 2 is 1.80 bits per heavy atom. The number of halogens is 3. The minimum Gasteiger partial charge on any atom is -0.371 e. The van der Waals surface area contributed by atoms with Crippen molar-refractivity contribution in [2.75, 3.05) is 29.9 Å². The third-order valence-electron chi connectivity index (χ3n) is 7.87. The molecule has 2 fully saturated rings. The van der Waals surface area contributed by atoms with Crippen molar-refractivity contribution in [2.45, 2.75) is 64.2 Å². The monoisotopic (exact) mass is 483 g/mol. The van der Waals surface area contributed by atoms with Crippen molar-refractivity contribution in [3.63, 3.8) is 0 Å². The normalized spacial score (nSPS) is 18.9. The molecule has 0 aliphatic carbocycles. The van der Waals surface area contributed by atoms with E-state index in [0.717, 1.165) is 60.7 Å². The molecule has 1 aromatic heterocycles. The Hall–Kier alpha value is -2.87. The van der Waals surface area contributed by atoms with Gasteiger partial charge in [-0.05, 0) is 82.3 Å². The van der Waals surface area contributed by atoms with Crippen LogP contribution >= 0.6 is 0 Å². The number of benzene rings is 2. The minimum atomic E-state index is -4.38. The van der Waals surface area contributed by atoms with Crippen LogP contribution in [0.25, 0.3) is 10.8 Å². The van der Waals surface area contributed by atoms with Gasteiger partial charge >= 0.3 is 6.18 Å². The fraction of sp³-hybridized carbons (Fsp3) is 0.481. The maximum Gasteiger partial charge on any atom is 0.416 e. The Balaban J connectivity index is 1.43. The average molecular weight is 484 g/mol. The summed E-state index contributed by atoms with van der Waals surface area (Å²) in [7, 11) is 0. The molecule has 1 unspecified atom stereocenters. The van der Waals surface area contributed by atoms with Crippen LogP contribution in [0, 0.1) is 13.8 Å². The van der Waals surface area contributed by atoms with Crippen molar-refractivity contribution in [2.24, 2.45) is 0 Å². The third kappa shape index (κ3) is 4.56. The van der Waals surface area contributed by atoms with E-state index in [4.69, 9.17) is 0 Å². The van der Waals surface area contributed by atoms with Gasteiger partial charge in [-0.3, -0.25) is 0 Å². The van der Waals surface area contributed by atoms with Crippen LogP contribution < -0.4 is 15.5 Å². The fourth-order valence-electron chi connectivity index (χ4n) is 5.78. The van der Waals surface area contributed by atoms with Crippen molar-refractivity contribution in [3.8, 4) is 0 Å². The topological polar surface area (TPSA) is 53.1 Å². The van der Waals surface area contributed by atoms with E-state index in [-0.39, 0.29) is 11.6 Å². The number of anilines is 2. The van der Waals surface area contributed by atoms with Gasteiger partial charge < -0.3 is 15.5 Å². The summed E-state index contributed by atoms with van der Waals surface area (Å²) in [6, 6.07) is 10.3. The van der Waals surface area contributed by atoms with Gasteiger partial charge in [0.25, 0.3) is 0 Å². The molecule has 1 spiro atoms. The number of rotatable bonds is 4. The number of nitrogens with one attached hydrogen (secondary N) is 2. The van der Waals surface area contributed by atoms with Crippen molar-refractivity contribution < 1.29 is 13.2 Å². The molecular formula is C27H32F3N5. The Morgan fingerprint density at radius 1 is 1.03 bits per heavy atom. The first-order valence-corrected chi connectivity index (χ1v) is 12.4. The first kappa shape index (κ1) is 23.9. The van der Waals surface area contributed by atoms with E-state index in [9.17, 15) is 13.2 Å². The SMILES string of the molecule is Cc1c(C(C)Nc2nnc(C)c3ccc(N4CCC5(CCCN5)CC4)cc23)cccc1C(F)(F)F. The average Bonchev–Trinajstić information content (AvgIpc) is 3.28. The lowest BCUT2D eigenvalue weighted by Crippen LogP contribution is -2.50. The highest BCUT2D eigenvalue weighted by Gasteiger charge is 2.37. The highest BCUT2D eigenvalue weighted by atomic mass is 19.4. The Kier molecular flexibility index (Phi) is 6.11. The number of nitrogens with zero attached hydrogens (tertiary/aromatic N) is 3. The fourth-order valence-corrected chi connectivity index (χ4v) is 5.78. The zero-order chi connectivity index (χ0) is 24.8. The number of fused-ring (bicyclic) bond motifs is 1. The molecule has 0 saturated carbocycles. The standard InChI is InChI=1S/C27H32F3N5/c1-17-21(6-4-7-24(17)27(28,29)30)18(2)32-25-23-16-20(8-9-22(23)19(3)33-34-25)35-14-11-26(12-15-35)10-5-13-31-26/h4,6-9,16,18,31H,5,10-15H2,1-3H3,(H,32,34). The predicted octanol–water partition coefficient (Wildman–Crippen LogP) is 6.16. The number of hydrogen-bond acceptors (Lipinski definition) is 5. The molecular weight excluding hydrogens is 451 g/mol. The van der Waals surface area contributed by atoms with E-state index in [0.29, 0.717) is 16.9 Å². The molecule has 0 radical (unpaired) electrons. The lowest BCUT2D eigenvalue weighted by Gasteiger charge is -2.40. The van der Waals surface area contributed by atoms with Crippen LogP contribution in [0.3, 0.4) is 0 Å². The molecule has 5 nitrogen and oxygen atoms in total. The highest BCUT2D eigenvalue weighted by molar-refractivity contribution is 5.95. The summed E-state index contributed by atoms with van der Waals surface area (Å²) in [5.74, 6) is 0.586. The molecule has 0 amide bonds. The summed E-state index contributed by atoms with van der Waals surface area (Å²) >= 11 is 0. The molecule has 2 N–H and O–H groups in total. The molecule has 1 atom stereocenters. The molecule has 186 valence electrons. The molecule has 3 aromatic rings. The maximum atomic E-state index is 13.4. The molecule has 2 aliphatic heterocycles. The van der Waals surface area contributed by atoms with E-state index in [1.807, 2.05) is 13.8 Å². The van der Waals surface area contributed by atoms with Gasteiger partial charge in [0, 0.05) is 35.1 Å². The van der Waals surface area contributed by atoms with Gasteiger partial charge in [-0.1, -0.05) is 18.2 Å². The van der Waals surface area contributed by atoms with Crippen molar-refractivity contribution in [1.82, 2.24) is 15.5 Å². The summed E-state index contributed by atoms with van der Waals surface area (Å²) in [4.78, 5) is 2.42. The van der Waals surface area contributed by atoms with Crippen LogP contribution in [0.4, 0.5) is 24.7 Å². The van der Waals surface area contributed by atoms with E-state index in [1.54, 1.807) is 6.07 Å². The second kappa shape index (κ2) is 8.97. The zero-order valence-corrected chi connectivity index (χ0v) is 20.5. The Bertz CT molecular complexity index is 1220. The van der Waals surface area contributed by atoms with Crippen LogP contribution in [0.5, 0.6) is 0 Å². The van der Waals surface area contributed by atoms with Gasteiger partial charge in [0.1, 0.15) is 0 Å². The largest absolute Gasteiger partial charge is 0.416 e. The predicted molar refractivity (Wildman–Crippen MR) is 134 cm³/mol. The van der Waals surface area contributed by atoms with Crippen LogP contribution in [0.2, 0.25) is 0 Å². The molecule has 5 rings (SSSR count). The molecule has 2 aromatic carbocycles. The second-order valence-corrected chi connectivity index (χ2v) is 10.0. The van der Waals surface area contributed by atoms with Crippen LogP contribution in [0.1, 0.15) is 61.0 Å². The van der Waals surface area contributed by atoms with Crippen LogP contribution in [0.15, 0.2) is 36.4 Å².